The van der Waals surface area contributed by atoms with E-state index in [1.54, 1.807) is 36.4 Å². The molecular weight excluding hydrogens is 480 g/mol. The van der Waals surface area contributed by atoms with Crippen LogP contribution in [-0.4, -0.2) is 53.5 Å². The van der Waals surface area contributed by atoms with Crippen LogP contribution in [0.25, 0.3) is 6.08 Å². The number of carbonyl (C=O) groups is 2. The van der Waals surface area contributed by atoms with Crippen LogP contribution in [0.4, 0.5) is 0 Å². The van der Waals surface area contributed by atoms with E-state index < -0.39 is 21.7 Å². The maximum atomic E-state index is 12.6. The summed E-state index contributed by atoms with van der Waals surface area (Å²) >= 11 is 0.734. The molecule has 0 spiro atoms. The first kappa shape index (κ1) is 23.4. The number of nitrogens with zero attached hydrogens (tertiary/aromatic N) is 3. The molecule has 10 nitrogen and oxygen atoms in total. The number of amides is 1. The zero-order valence-corrected chi connectivity index (χ0v) is 19.6. The van der Waals surface area contributed by atoms with Crippen LogP contribution >= 0.6 is 11.8 Å². The van der Waals surface area contributed by atoms with E-state index in [1.165, 1.54) is 32.2 Å². The number of methoxy groups -OCH3 is 1. The van der Waals surface area contributed by atoms with Gasteiger partial charge in [0.25, 0.3) is 5.91 Å². The second-order valence-electron chi connectivity index (χ2n) is 6.96. The zero-order chi connectivity index (χ0) is 24.5. The number of thioether (sulfide) groups is 1. The van der Waals surface area contributed by atoms with Crippen LogP contribution in [0.5, 0.6) is 11.5 Å². The van der Waals surface area contributed by atoms with Gasteiger partial charge in [-0.1, -0.05) is 31.2 Å². The van der Waals surface area contributed by atoms with Gasteiger partial charge in [-0.15, -0.1) is 5.10 Å². The number of hydrogen-bond acceptors (Lipinski definition) is 9. The molecule has 0 bridgehead atoms. The molecule has 0 saturated heterocycles. The molecule has 0 fully saturated rings. The minimum Gasteiger partial charge on any atom is -0.493 e. The molecule has 0 unspecified atom stereocenters. The van der Waals surface area contributed by atoms with Crippen LogP contribution in [-0.2, 0) is 14.6 Å². The van der Waals surface area contributed by atoms with Gasteiger partial charge in [0.2, 0.25) is 19.4 Å². The van der Waals surface area contributed by atoms with E-state index in [2.05, 4.69) is 10.1 Å². The lowest BCUT2D eigenvalue weighted by molar-refractivity contribution is -0.114. The Kier molecular flexibility index (Phi) is 6.35. The summed E-state index contributed by atoms with van der Waals surface area (Å²) in [7, 11) is -2.21. The highest BCUT2D eigenvalue weighted by Crippen LogP contribution is 2.32. The smallest absolute Gasteiger partial charge is 0.343 e. The molecule has 2 aliphatic rings. The molecule has 1 N–H and O–H groups in total. The molecule has 2 aliphatic heterocycles. The number of fused-ring (bicyclic) bond motifs is 1. The highest BCUT2D eigenvalue weighted by atomic mass is 32.3. The fraction of sp³-hybridized carbons (Fsp3) is 0.136. The van der Waals surface area contributed by atoms with Crippen LogP contribution in [0.1, 0.15) is 22.8 Å². The summed E-state index contributed by atoms with van der Waals surface area (Å²) in [6, 6.07) is 13.1. The Balaban J connectivity index is 1.61. The van der Waals surface area contributed by atoms with E-state index in [4.69, 9.17) is 14.9 Å². The minimum absolute atomic E-state index is 0.0138. The largest absolute Gasteiger partial charge is 0.493 e. The molecular formula is C22H18N4O6S2. The van der Waals surface area contributed by atoms with Gasteiger partial charge in [0.15, 0.2) is 17.3 Å². The maximum absolute atomic E-state index is 12.6. The fourth-order valence-corrected chi connectivity index (χ4v) is 5.15. The summed E-state index contributed by atoms with van der Waals surface area (Å²) in [5, 5.41) is 13.4. The molecule has 12 heteroatoms. The molecule has 2 aromatic rings. The quantitative estimate of drug-likeness (QED) is 0.377. The molecule has 0 aliphatic carbocycles. The Morgan fingerprint density at radius 1 is 1.18 bits per heavy atom. The Morgan fingerprint density at radius 2 is 1.91 bits per heavy atom. The molecule has 4 rings (SSSR count). The fourth-order valence-electron chi connectivity index (χ4n) is 2.98. The third kappa shape index (κ3) is 4.50. The van der Waals surface area contributed by atoms with Gasteiger partial charge < -0.3 is 9.47 Å². The third-order valence-electron chi connectivity index (χ3n) is 4.79. The van der Waals surface area contributed by atoms with Gasteiger partial charge in [-0.2, -0.15) is 10.0 Å². The standard InChI is InChI=1S/C22H18N4O6S2/c1-3-34(29,30)22-25-26-18(23)15(19(27)24-21(26)33-22)11-13-9-10-16(17(12-13)31-2)32-20(28)14-7-5-4-6-8-14/h4-12,23H,3H2,1-2H3/b15-11+,23-18?. The summed E-state index contributed by atoms with van der Waals surface area (Å²) in [6.07, 6.45) is 1.41. The molecule has 1 amide bonds. The first-order valence-electron chi connectivity index (χ1n) is 9.91. The molecule has 2 heterocycles. The van der Waals surface area contributed by atoms with Gasteiger partial charge in [0.1, 0.15) is 0 Å². The topological polar surface area (TPSA) is 139 Å². The number of nitrogens with one attached hydrogen (secondary N) is 1. The van der Waals surface area contributed by atoms with E-state index in [9.17, 15) is 18.0 Å². The van der Waals surface area contributed by atoms with Crippen molar-refractivity contribution >= 4 is 54.9 Å². The van der Waals surface area contributed by atoms with Gasteiger partial charge in [-0.05, 0) is 47.7 Å². The first-order valence-corrected chi connectivity index (χ1v) is 12.4. The van der Waals surface area contributed by atoms with Crippen molar-refractivity contribution in [2.24, 2.45) is 10.1 Å². The van der Waals surface area contributed by atoms with Crippen molar-refractivity contribution in [3.63, 3.8) is 0 Å². The molecule has 0 saturated carbocycles. The van der Waals surface area contributed by atoms with Gasteiger partial charge in [-0.3, -0.25) is 10.2 Å². The minimum atomic E-state index is -3.61. The van der Waals surface area contributed by atoms with Crippen molar-refractivity contribution in [1.82, 2.24) is 5.01 Å². The summed E-state index contributed by atoms with van der Waals surface area (Å²) in [5.74, 6) is -1.30. The Labute approximate surface area is 199 Å². The van der Waals surface area contributed by atoms with Crippen LogP contribution in [0, 0.1) is 5.41 Å². The number of hydrazone groups is 1. The normalized spacial score (nSPS) is 16.8. The van der Waals surface area contributed by atoms with E-state index in [0.717, 1.165) is 16.8 Å². The van der Waals surface area contributed by atoms with Crippen LogP contribution in [0.2, 0.25) is 0 Å². The van der Waals surface area contributed by atoms with Crippen molar-refractivity contribution in [2.75, 3.05) is 12.9 Å². The van der Waals surface area contributed by atoms with Crippen molar-refractivity contribution < 1.29 is 27.5 Å². The zero-order valence-electron chi connectivity index (χ0n) is 18.0. The highest BCUT2D eigenvalue weighted by Gasteiger charge is 2.39. The summed E-state index contributed by atoms with van der Waals surface area (Å²) in [6.45, 7) is 1.48. The second kappa shape index (κ2) is 9.23. The number of amidine groups is 2. The molecule has 174 valence electrons. The van der Waals surface area contributed by atoms with E-state index in [1.807, 2.05) is 0 Å². The van der Waals surface area contributed by atoms with Crippen LogP contribution < -0.4 is 9.47 Å². The van der Waals surface area contributed by atoms with Crippen LogP contribution in [0.15, 0.2) is 64.2 Å². The predicted octanol–water partition coefficient (Wildman–Crippen LogP) is 2.93. The molecule has 0 radical (unpaired) electrons. The monoisotopic (exact) mass is 498 g/mol. The van der Waals surface area contributed by atoms with Gasteiger partial charge in [0.05, 0.1) is 24.0 Å². The number of sulfone groups is 1. The van der Waals surface area contributed by atoms with E-state index in [-0.39, 0.29) is 38.2 Å². The van der Waals surface area contributed by atoms with Crippen molar-refractivity contribution in [3.05, 3.63) is 65.2 Å². The Morgan fingerprint density at radius 3 is 2.59 bits per heavy atom. The number of aliphatic imine (C=N–C) groups is 1. The van der Waals surface area contributed by atoms with Crippen molar-refractivity contribution in [1.29, 1.82) is 5.41 Å². The lowest BCUT2D eigenvalue weighted by Crippen LogP contribution is -2.35. The number of rotatable bonds is 5. The van der Waals surface area contributed by atoms with Gasteiger partial charge in [0, 0.05) is 0 Å². The van der Waals surface area contributed by atoms with Gasteiger partial charge in [-0.25, -0.2) is 13.2 Å². The molecule has 0 aromatic heterocycles. The summed E-state index contributed by atoms with van der Waals surface area (Å²) in [4.78, 5) is 28.8. The van der Waals surface area contributed by atoms with E-state index >= 15 is 0 Å². The average Bonchev–Trinajstić information content (AvgIpc) is 3.28. The lowest BCUT2D eigenvalue weighted by Gasteiger charge is -2.20. The number of carbonyl (C=O) groups excluding carboxylic acids is 2. The summed E-state index contributed by atoms with van der Waals surface area (Å²) in [5.41, 5.74) is 0.763. The van der Waals surface area contributed by atoms with Gasteiger partial charge >= 0.3 is 5.97 Å². The molecule has 34 heavy (non-hydrogen) atoms. The highest BCUT2D eigenvalue weighted by molar-refractivity contribution is 8.42. The maximum Gasteiger partial charge on any atom is 0.343 e. The van der Waals surface area contributed by atoms with Crippen LogP contribution in [0.3, 0.4) is 0 Å². The average molecular weight is 499 g/mol. The lowest BCUT2D eigenvalue weighted by atomic mass is 10.1. The Bertz CT molecular complexity index is 1400. The van der Waals surface area contributed by atoms with Crippen molar-refractivity contribution in [2.45, 2.75) is 6.92 Å². The van der Waals surface area contributed by atoms with Crippen molar-refractivity contribution in [3.8, 4) is 11.5 Å². The molecule has 0 atom stereocenters. The first-order chi connectivity index (χ1) is 16.2. The number of ether oxygens (including phenoxy) is 2. The number of benzene rings is 2. The van der Waals surface area contributed by atoms with E-state index in [0.29, 0.717) is 11.1 Å². The second-order valence-corrected chi connectivity index (χ2v) is 10.4. The Hall–Kier alpha value is -3.77. The number of hydrogen-bond donors (Lipinski definition) is 1. The predicted molar refractivity (Wildman–Crippen MR) is 129 cm³/mol. The number of esters is 1. The molecule has 2 aromatic carbocycles. The SMILES string of the molecule is CCS(=O)(=O)C1=NN2C(=N)/C(=C\c3ccc(OC(=O)c4ccccc4)c(OC)c3)C(=O)N=C2S1. The third-order valence-corrected chi connectivity index (χ3v) is 7.88. The summed E-state index contributed by atoms with van der Waals surface area (Å²) < 4.78 is 34.8.